The molecule has 1 aliphatic rings. The predicted octanol–water partition coefficient (Wildman–Crippen LogP) is 1.66. The summed E-state index contributed by atoms with van der Waals surface area (Å²) in [4.78, 5) is 10.8. The second-order valence-electron chi connectivity index (χ2n) is 4.95. The Bertz CT molecular complexity index is 556. The normalized spacial score (nSPS) is 19.1. The van der Waals surface area contributed by atoms with E-state index in [1.54, 1.807) is 24.3 Å². The van der Waals surface area contributed by atoms with Gasteiger partial charge in [0.1, 0.15) is 0 Å². The Hall–Kier alpha value is -1.40. The van der Waals surface area contributed by atoms with Crippen LogP contribution in [0, 0.1) is 0 Å². The molecule has 1 N–H and O–H groups in total. The Morgan fingerprint density at radius 1 is 1.30 bits per heavy atom. The third-order valence-electron chi connectivity index (χ3n) is 3.34. The first-order valence-electron chi connectivity index (χ1n) is 6.62. The molecule has 1 saturated heterocycles. The molecule has 1 aromatic rings. The smallest absolute Gasteiger partial charge is 0.303 e. The van der Waals surface area contributed by atoms with E-state index in [4.69, 9.17) is 9.84 Å². The van der Waals surface area contributed by atoms with Crippen LogP contribution in [0.25, 0.3) is 0 Å². The SMILES string of the molecule is O=C(O)CCc1ccc(S(=O)(=O)CC2CCCO2)cc1. The number of aliphatic carboxylic acids is 1. The molecule has 0 amide bonds. The van der Waals surface area contributed by atoms with Crippen molar-refractivity contribution in [1.82, 2.24) is 0 Å². The molecule has 5 nitrogen and oxygen atoms in total. The van der Waals surface area contributed by atoms with Gasteiger partial charge in [0.15, 0.2) is 9.84 Å². The van der Waals surface area contributed by atoms with E-state index >= 15 is 0 Å². The van der Waals surface area contributed by atoms with Crippen LogP contribution < -0.4 is 0 Å². The van der Waals surface area contributed by atoms with Crippen molar-refractivity contribution in [2.45, 2.75) is 36.7 Å². The van der Waals surface area contributed by atoms with Gasteiger partial charge >= 0.3 is 5.97 Å². The van der Waals surface area contributed by atoms with Gasteiger partial charge in [0, 0.05) is 13.0 Å². The molecule has 2 rings (SSSR count). The van der Waals surface area contributed by atoms with Gasteiger partial charge in [0.25, 0.3) is 0 Å². The third kappa shape index (κ3) is 4.05. The maximum absolute atomic E-state index is 12.2. The summed E-state index contributed by atoms with van der Waals surface area (Å²) in [5.74, 6) is -0.846. The quantitative estimate of drug-likeness (QED) is 0.864. The molecule has 1 heterocycles. The van der Waals surface area contributed by atoms with Crippen LogP contribution in [-0.4, -0.2) is 38.0 Å². The number of carboxylic acids is 1. The highest BCUT2D eigenvalue weighted by Gasteiger charge is 2.24. The Morgan fingerprint density at radius 2 is 2.00 bits per heavy atom. The highest BCUT2D eigenvalue weighted by Crippen LogP contribution is 2.19. The Kier molecular flexibility index (Phi) is 4.77. The molecule has 1 fully saturated rings. The second-order valence-corrected chi connectivity index (χ2v) is 6.99. The lowest BCUT2D eigenvalue weighted by Gasteiger charge is -2.10. The molecular formula is C14H18O5S. The summed E-state index contributed by atoms with van der Waals surface area (Å²) in [6.45, 7) is 0.633. The minimum atomic E-state index is -3.33. The number of hydrogen-bond donors (Lipinski definition) is 1. The van der Waals surface area contributed by atoms with Crippen molar-refractivity contribution >= 4 is 15.8 Å². The zero-order chi connectivity index (χ0) is 14.6. The minimum absolute atomic E-state index is 0.0153. The third-order valence-corrected chi connectivity index (χ3v) is 5.14. The molecule has 0 radical (unpaired) electrons. The van der Waals surface area contributed by atoms with Crippen LogP contribution in [0.4, 0.5) is 0 Å². The van der Waals surface area contributed by atoms with Crippen molar-refractivity contribution in [2.24, 2.45) is 0 Å². The summed E-state index contributed by atoms with van der Waals surface area (Å²) in [5.41, 5.74) is 0.823. The number of carbonyl (C=O) groups is 1. The van der Waals surface area contributed by atoms with Gasteiger partial charge < -0.3 is 9.84 Å². The van der Waals surface area contributed by atoms with Crippen molar-refractivity contribution in [1.29, 1.82) is 0 Å². The molecular weight excluding hydrogens is 280 g/mol. The van der Waals surface area contributed by atoms with Gasteiger partial charge in [-0.25, -0.2) is 8.42 Å². The van der Waals surface area contributed by atoms with Gasteiger partial charge in [-0.15, -0.1) is 0 Å². The maximum Gasteiger partial charge on any atom is 0.303 e. The average Bonchev–Trinajstić information content (AvgIpc) is 2.89. The second kappa shape index (κ2) is 6.37. The lowest BCUT2D eigenvalue weighted by molar-refractivity contribution is -0.136. The summed E-state index contributed by atoms with van der Waals surface area (Å²) < 4.78 is 29.7. The van der Waals surface area contributed by atoms with Crippen LogP contribution in [0.3, 0.4) is 0 Å². The molecule has 1 unspecified atom stereocenters. The summed E-state index contributed by atoms with van der Waals surface area (Å²) in [6.07, 6.45) is 1.94. The van der Waals surface area contributed by atoms with Crippen LogP contribution in [0.1, 0.15) is 24.8 Å². The lowest BCUT2D eigenvalue weighted by atomic mass is 10.1. The van der Waals surface area contributed by atoms with E-state index in [0.29, 0.717) is 13.0 Å². The van der Waals surface area contributed by atoms with Crippen LogP contribution in [-0.2, 0) is 25.8 Å². The van der Waals surface area contributed by atoms with Crippen molar-refractivity contribution in [3.8, 4) is 0 Å². The van der Waals surface area contributed by atoms with Crippen molar-refractivity contribution in [3.05, 3.63) is 29.8 Å². The average molecular weight is 298 g/mol. The van der Waals surface area contributed by atoms with Crippen molar-refractivity contribution < 1.29 is 23.1 Å². The van der Waals surface area contributed by atoms with Gasteiger partial charge in [0.05, 0.1) is 16.8 Å². The van der Waals surface area contributed by atoms with E-state index in [1.807, 2.05) is 0 Å². The van der Waals surface area contributed by atoms with Crippen LogP contribution in [0.2, 0.25) is 0 Å². The first-order valence-corrected chi connectivity index (χ1v) is 8.28. The van der Waals surface area contributed by atoms with E-state index in [9.17, 15) is 13.2 Å². The summed E-state index contributed by atoms with van der Waals surface area (Å²) in [6, 6.07) is 6.43. The fraction of sp³-hybridized carbons (Fsp3) is 0.500. The summed E-state index contributed by atoms with van der Waals surface area (Å²) in [7, 11) is -3.33. The highest BCUT2D eigenvalue weighted by atomic mass is 32.2. The molecule has 0 saturated carbocycles. The molecule has 1 aromatic carbocycles. The van der Waals surface area contributed by atoms with Gasteiger partial charge in [-0.2, -0.15) is 0 Å². The molecule has 0 aromatic heterocycles. The van der Waals surface area contributed by atoms with E-state index in [0.717, 1.165) is 18.4 Å². The van der Waals surface area contributed by atoms with E-state index in [1.165, 1.54) is 0 Å². The largest absolute Gasteiger partial charge is 0.481 e. The van der Waals surface area contributed by atoms with Gasteiger partial charge in [-0.05, 0) is 37.0 Å². The van der Waals surface area contributed by atoms with Gasteiger partial charge in [-0.3, -0.25) is 4.79 Å². The molecule has 1 atom stereocenters. The van der Waals surface area contributed by atoms with Gasteiger partial charge in [0.2, 0.25) is 0 Å². The Labute approximate surface area is 118 Å². The molecule has 110 valence electrons. The number of aryl methyl sites for hydroxylation is 1. The fourth-order valence-corrected chi connectivity index (χ4v) is 3.73. The number of carboxylic acid groups (broad SMARTS) is 1. The number of hydrogen-bond acceptors (Lipinski definition) is 4. The minimum Gasteiger partial charge on any atom is -0.481 e. The van der Waals surface area contributed by atoms with Crippen molar-refractivity contribution in [2.75, 3.05) is 12.4 Å². The highest BCUT2D eigenvalue weighted by molar-refractivity contribution is 7.91. The monoisotopic (exact) mass is 298 g/mol. The molecule has 6 heteroatoms. The summed E-state index contributed by atoms with van der Waals surface area (Å²) >= 11 is 0. The first-order chi connectivity index (χ1) is 9.47. The van der Waals surface area contributed by atoms with Crippen LogP contribution >= 0.6 is 0 Å². The van der Waals surface area contributed by atoms with Gasteiger partial charge in [-0.1, -0.05) is 12.1 Å². The van der Waals surface area contributed by atoms with E-state index < -0.39 is 15.8 Å². The zero-order valence-corrected chi connectivity index (χ0v) is 11.9. The maximum atomic E-state index is 12.2. The van der Waals surface area contributed by atoms with E-state index in [2.05, 4.69) is 0 Å². The standard InChI is InChI=1S/C14H18O5S/c15-14(16)8-5-11-3-6-13(7-4-11)20(17,18)10-12-2-1-9-19-12/h3-4,6-7,12H,1-2,5,8-10H2,(H,15,16). The summed E-state index contributed by atoms with van der Waals surface area (Å²) in [5, 5.41) is 8.61. The number of benzene rings is 1. The number of rotatable bonds is 6. The van der Waals surface area contributed by atoms with Crippen LogP contribution in [0.15, 0.2) is 29.2 Å². The predicted molar refractivity (Wildman–Crippen MR) is 73.4 cm³/mol. The molecule has 20 heavy (non-hydrogen) atoms. The van der Waals surface area contributed by atoms with E-state index in [-0.39, 0.29) is 23.2 Å². The zero-order valence-electron chi connectivity index (χ0n) is 11.1. The number of ether oxygens (including phenoxy) is 1. The fourth-order valence-electron chi connectivity index (χ4n) is 2.23. The first kappa shape index (κ1) is 15.0. The molecule has 0 spiro atoms. The Morgan fingerprint density at radius 3 is 2.55 bits per heavy atom. The topological polar surface area (TPSA) is 80.7 Å². The molecule has 0 aliphatic carbocycles. The van der Waals surface area contributed by atoms with Crippen LogP contribution in [0.5, 0.6) is 0 Å². The van der Waals surface area contributed by atoms with Crippen molar-refractivity contribution in [3.63, 3.8) is 0 Å². The lowest BCUT2D eigenvalue weighted by Crippen LogP contribution is -2.20. The molecule has 0 bridgehead atoms. The Balaban J connectivity index is 2.02. The number of sulfone groups is 1. The molecule has 1 aliphatic heterocycles.